The molecule has 3 nitrogen and oxygen atoms in total. The van der Waals surface area contributed by atoms with Gasteiger partial charge in [0.25, 0.3) is 0 Å². The van der Waals surface area contributed by atoms with Crippen molar-refractivity contribution in [3.63, 3.8) is 0 Å². The number of hydrogen-bond donors (Lipinski definition) is 1. The quantitative estimate of drug-likeness (QED) is 0.933. The number of benzene rings is 2. The molecule has 21 heavy (non-hydrogen) atoms. The highest BCUT2D eigenvalue weighted by Crippen LogP contribution is 2.26. The molecule has 0 aliphatic carbocycles. The van der Waals surface area contributed by atoms with E-state index in [0.717, 1.165) is 11.1 Å². The summed E-state index contributed by atoms with van der Waals surface area (Å²) in [6.07, 6.45) is 0. The molecule has 0 amide bonds. The molecule has 2 aromatic carbocycles. The second-order valence-electron chi connectivity index (χ2n) is 5.08. The van der Waals surface area contributed by atoms with Crippen molar-refractivity contribution in [2.75, 3.05) is 0 Å². The summed E-state index contributed by atoms with van der Waals surface area (Å²) in [5, 5.41) is 8.85. The van der Waals surface area contributed by atoms with Crippen LogP contribution >= 0.6 is 0 Å². The Bertz CT molecular complexity index is 690. The molecular weight excluding hydrogens is 267 g/mol. The maximum absolute atomic E-state index is 13.4. The third-order valence-corrected chi connectivity index (χ3v) is 3.14. The summed E-state index contributed by atoms with van der Waals surface area (Å²) < 4.78 is 19.1. The van der Waals surface area contributed by atoms with Gasteiger partial charge < -0.3 is 10.5 Å². The number of rotatable bonds is 4. The topological polar surface area (TPSA) is 59.0 Å². The first kappa shape index (κ1) is 15.0. The molecule has 0 heterocycles. The zero-order chi connectivity index (χ0) is 15.4. The molecule has 1 atom stereocenters. The molecule has 0 aliphatic rings. The van der Waals surface area contributed by atoms with Crippen molar-refractivity contribution in [3.05, 3.63) is 64.5 Å². The van der Waals surface area contributed by atoms with Crippen LogP contribution in [0.15, 0.2) is 36.4 Å². The lowest BCUT2D eigenvalue weighted by Gasteiger charge is -2.15. The minimum Gasteiger partial charge on any atom is -0.489 e. The van der Waals surface area contributed by atoms with Gasteiger partial charge in [0, 0.05) is 11.6 Å². The molecule has 0 radical (unpaired) electrons. The van der Waals surface area contributed by atoms with Gasteiger partial charge in [-0.25, -0.2) is 4.39 Å². The molecule has 0 aromatic heterocycles. The number of aryl methyl sites for hydroxylation is 1. The summed E-state index contributed by atoms with van der Waals surface area (Å²) in [7, 11) is 0. The van der Waals surface area contributed by atoms with Crippen LogP contribution in [0.1, 0.15) is 35.2 Å². The molecule has 2 aromatic rings. The molecule has 0 spiro atoms. The molecule has 108 valence electrons. The van der Waals surface area contributed by atoms with Crippen LogP contribution in [0.25, 0.3) is 0 Å². The Morgan fingerprint density at radius 2 is 2.05 bits per heavy atom. The lowest BCUT2D eigenvalue weighted by atomic mass is 10.1. The van der Waals surface area contributed by atoms with Gasteiger partial charge >= 0.3 is 0 Å². The number of ether oxygens (including phenoxy) is 1. The van der Waals surface area contributed by atoms with E-state index in [1.165, 1.54) is 12.1 Å². The van der Waals surface area contributed by atoms with Crippen LogP contribution in [0, 0.1) is 24.1 Å². The zero-order valence-electron chi connectivity index (χ0n) is 12.1. The molecule has 0 aliphatic heterocycles. The predicted molar refractivity (Wildman–Crippen MR) is 79.2 cm³/mol. The first-order valence-corrected chi connectivity index (χ1v) is 6.68. The van der Waals surface area contributed by atoms with Gasteiger partial charge in [0.05, 0.1) is 11.6 Å². The largest absolute Gasteiger partial charge is 0.489 e. The van der Waals surface area contributed by atoms with Gasteiger partial charge in [0.15, 0.2) is 0 Å². The van der Waals surface area contributed by atoms with Crippen LogP contribution < -0.4 is 10.5 Å². The van der Waals surface area contributed by atoms with Crippen molar-refractivity contribution in [2.24, 2.45) is 5.73 Å². The van der Waals surface area contributed by atoms with Crippen LogP contribution in [0.2, 0.25) is 0 Å². The summed E-state index contributed by atoms with van der Waals surface area (Å²) in [6, 6.07) is 11.8. The molecule has 4 heteroatoms. The monoisotopic (exact) mass is 284 g/mol. The fourth-order valence-corrected chi connectivity index (χ4v) is 2.10. The molecule has 2 rings (SSSR count). The molecule has 2 N–H and O–H groups in total. The number of nitrogens with zero attached hydrogens (tertiary/aromatic N) is 1. The number of hydrogen-bond acceptors (Lipinski definition) is 3. The maximum atomic E-state index is 13.4. The molecule has 0 saturated carbocycles. The van der Waals surface area contributed by atoms with Gasteiger partial charge in [0.1, 0.15) is 18.2 Å². The Labute approximate surface area is 123 Å². The Kier molecular flexibility index (Phi) is 4.56. The average Bonchev–Trinajstić information content (AvgIpc) is 2.44. The van der Waals surface area contributed by atoms with Gasteiger partial charge in [-0.1, -0.05) is 12.1 Å². The number of nitrogens with two attached hydrogens (primary N) is 1. The summed E-state index contributed by atoms with van der Waals surface area (Å²) in [5.74, 6) is 0.247. The zero-order valence-corrected chi connectivity index (χ0v) is 12.1. The van der Waals surface area contributed by atoms with E-state index in [9.17, 15) is 4.39 Å². The summed E-state index contributed by atoms with van der Waals surface area (Å²) in [4.78, 5) is 0. The predicted octanol–water partition coefficient (Wildman–Crippen LogP) is 3.60. The second kappa shape index (κ2) is 6.38. The maximum Gasteiger partial charge on any atom is 0.124 e. The third kappa shape index (κ3) is 3.80. The Hall–Kier alpha value is -2.38. The van der Waals surface area contributed by atoms with E-state index in [1.807, 2.05) is 38.1 Å². The fraction of sp³-hybridized carbons (Fsp3) is 0.235. The van der Waals surface area contributed by atoms with E-state index >= 15 is 0 Å². The number of nitriles is 1. The van der Waals surface area contributed by atoms with E-state index in [1.54, 1.807) is 6.07 Å². The fourth-order valence-electron chi connectivity index (χ4n) is 2.10. The molecule has 0 saturated heterocycles. The Balaban J connectivity index is 2.22. The minimum absolute atomic E-state index is 0.150. The Morgan fingerprint density at radius 3 is 2.71 bits per heavy atom. The van der Waals surface area contributed by atoms with Gasteiger partial charge in [-0.2, -0.15) is 5.26 Å². The highest BCUT2D eigenvalue weighted by Gasteiger charge is 2.09. The van der Waals surface area contributed by atoms with Crippen LogP contribution in [0.3, 0.4) is 0 Å². The third-order valence-electron chi connectivity index (χ3n) is 3.14. The van der Waals surface area contributed by atoms with Crippen molar-refractivity contribution in [3.8, 4) is 11.8 Å². The molecule has 1 unspecified atom stereocenters. The van der Waals surface area contributed by atoms with E-state index in [4.69, 9.17) is 15.7 Å². The lowest BCUT2D eigenvalue weighted by Crippen LogP contribution is -2.08. The van der Waals surface area contributed by atoms with Gasteiger partial charge in [-0.05, 0) is 49.2 Å². The normalized spacial score (nSPS) is 11.8. The average molecular weight is 284 g/mol. The van der Waals surface area contributed by atoms with Gasteiger partial charge in [0.2, 0.25) is 0 Å². The highest BCUT2D eigenvalue weighted by atomic mass is 19.1. The smallest absolute Gasteiger partial charge is 0.124 e. The van der Waals surface area contributed by atoms with Crippen molar-refractivity contribution < 1.29 is 9.13 Å². The number of halogens is 1. The van der Waals surface area contributed by atoms with Gasteiger partial charge in [-0.15, -0.1) is 0 Å². The highest BCUT2D eigenvalue weighted by molar-refractivity contribution is 5.39. The Morgan fingerprint density at radius 1 is 1.29 bits per heavy atom. The molecule has 0 bridgehead atoms. The van der Waals surface area contributed by atoms with Crippen molar-refractivity contribution in [2.45, 2.75) is 26.5 Å². The first-order valence-electron chi connectivity index (χ1n) is 6.68. The van der Waals surface area contributed by atoms with E-state index in [0.29, 0.717) is 11.3 Å². The second-order valence-corrected chi connectivity index (χ2v) is 5.08. The summed E-state index contributed by atoms with van der Waals surface area (Å²) in [6.45, 7) is 4.04. The van der Waals surface area contributed by atoms with Gasteiger partial charge in [-0.3, -0.25) is 0 Å². The van der Waals surface area contributed by atoms with Crippen molar-refractivity contribution in [1.29, 1.82) is 5.26 Å². The van der Waals surface area contributed by atoms with Crippen LogP contribution in [-0.4, -0.2) is 0 Å². The van der Waals surface area contributed by atoms with Crippen molar-refractivity contribution in [1.82, 2.24) is 0 Å². The van der Waals surface area contributed by atoms with E-state index in [-0.39, 0.29) is 18.2 Å². The summed E-state index contributed by atoms with van der Waals surface area (Å²) in [5.41, 5.74) is 8.78. The lowest BCUT2D eigenvalue weighted by molar-refractivity contribution is 0.300. The van der Waals surface area contributed by atoms with Crippen LogP contribution in [-0.2, 0) is 6.61 Å². The molecule has 0 fully saturated rings. The van der Waals surface area contributed by atoms with E-state index < -0.39 is 5.82 Å². The van der Waals surface area contributed by atoms with Crippen LogP contribution in [0.5, 0.6) is 5.75 Å². The van der Waals surface area contributed by atoms with Crippen molar-refractivity contribution >= 4 is 0 Å². The van der Waals surface area contributed by atoms with E-state index in [2.05, 4.69) is 0 Å². The summed E-state index contributed by atoms with van der Waals surface area (Å²) >= 11 is 0. The first-order chi connectivity index (χ1) is 9.99. The minimum atomic E-state index is -0.440. The SMILES string of the molecule is Cc1ccc(C(C)N)c(OCc2cc(F)cc(C#N)c2)c1. The molecular formula is C17H17FN2O. The standard InChI is InChI=1S/C17H17FN2O/c1-11-3-4-16(12(2)20)17(5-11)21-10-14-6-13(9-19)7-15(18)8-14/h3-8,12H,10,20H2,1-2H3. The van der Waals surface area contributed by atoms with Crippen LogP contribution in [0.4, 0.5) is 4.39 Å².